The Morgan fingerprint density at radius 3 is 2.93 bits per heavy atom. The first-order valence-corrected chi connectivity index (χ1v) is 5.15. The third-order valence-corrected chi connectivity index (χ3v) is 2.25. The van der Waals surface area contributed by atoms with Crippen LogP contribution in [-0.4, -0.2) is 34.3 Å². The standard InChI is InChI=1S/C10H18N4O/c1-4-5-8-13(2)10(15)12-9-6-7-11-14(9)3/h6-7H,4-5,8H2,1-3H3,(H,12,15). The molecule has 1 aromatic rings. The highest BCUT2D eigenvalue weighted by Gasteiger charge is 2.09. The second kappa shape index (κ2) is 5.38. The van der Waals surface area contributed by atoms with Gasteiger partial charge in [-0.1, -0.05) is 13.3 Å². The summed E-state index contributed by atoms with van der Waals surface area (Å²) in [4.78, 5) is 13.3. The van der Waals surface area contributed by atoms with Crippen molar-refractivity contribution in [3.05, 3.63) is 12.3 Å². The van der Waals surface area contributed by atoms with E-state index in [1.165, 1.54) is 0 Å². The summed E-state index contributed by atoms with van der Waals surface area (Å²) in [5.41, 5.74) is 0. The number of unbranched alkanes of at least 4 members (excludes halogenated alkanes) is 1. The highest BCUT2D eigenvalue weighted by molar-refractivity contribution is 5.88. The highest BCUT2D eigenvalue weighted by atomic mass is 16.2. The fourth-order valence-corrected chi connectivity index (χ4v) is 1.20. The van der Waals surface area contributed by atoms with E-state index in [4.69, 9.17) is 0 Å². The van der Waals surface area contributed by atoms with Crippen LogP contribution in [0.25, 0.3) is 0 Å². The average molecular weight is 210 g/mol. The Labute approximate surface area is 90.1 Å². The number of carbonyl (C=O) groups excluding carboxylic acids is 1. The molecule has 5 nitrogen and oxygen atoms in total. The van der Waals surface area contributed by atoms with Crippen molar-refractivity contribution in [2.45, 2.75) is 19.8 Å². The van der Waals surface area contributed by atoms with Crippen LogP contribution >= 0.6 is 0 Å². The van der Waals surface area contributed by atoms with Crippen molar-refractivity contribution < 1.29 is 4.79 Å². The van der Waals surface area contributed by atoms with Crippen LogP contribution in [0.5, 0.6) is 0 Å². The molecule has 15 heavy (non-hydrogen) atoms. The molecule has 0 aliphatic carbocycles. The summed E-state index contributed by atoms with van der Waals surface area (Å²) in [5, 5.41) is 6.76. The quantitative estimate of drug-likeness (QED) is 0.822. The Kier molecular flexibility index (Phi) is 4.15. The van der Waals surface area contributed by atoms with Gasteiger partial charge in [0, 0.05) is 26.7 Å². The molecule has 1 aromatic heterocycles. The number of carbonyl (C=O) groups is 1. The number of nitrogens with one attached hydrogen (secondary N) is 1. The Balaban J connectivity index is 2.45. The molecule has 0 atom stereocenters. The Morgan fingerprint density at radius 2 is 2.40 bits per heavy atom. The van der Waals surface area contributed by atoms with Crippen LogP contribution in [0.15, 0.2) is 12.3 Å². The number of amides is 2. The van der Waals surface area contributed by atoms with Gasteiger partial charge in [-0.15, -0.1) is 0 Å². The molecule has 1 N–H and O–H groups in total. The first-order valence-electron chi connectivity index (χ1n) is 5.15. The zero-order valence-corrected chi connectivity index (χ0v) is 9.53. The molecule has 1 rings (SSSR count). The summed E-state index contributed by atoms with van der Waals surface area (Å²) in [6.45, 7) is 2.88. The van der Waals surface area contributed by atoms with Gasteiger partial charge in [0.05, 0.1) is 6.20 Å². The topological polar surface area (TPSA) is 50.2 Å². The van der Waals surface area contributed by atoms with Gasteiger partial charge in [0.15, 0.2) is 0 Å². The molecular formula is C10H18N4O. The van der Waals surface area contributed by atoms with Crippen molar-refractivity contribution in [2.75, 3.05) is 18.9 Å². The summed E-state index contributed by atoms with van der Waals surface area (Å²) in [6, 6.07) is 1.68. The maximum Gasteiger partial charge on any atom is 0.322 e. The van der Waals surface area contributed by atoms with Gasteiger partial charge in [-0.25, -0.2) is 4.79 Å². The number of nitrogens with zero attached hydrogens (tertiary/aromatic N) is 3. The SMILES string of the molecule is CCCCN(C)C(=O)Nc1ccnn1C. The van der Waals surface area contributed by atoms with Crippen LogP contribution in [0, 0.1) is 0 Å². The van der Waals surface area contributed by atoms with Crippen LogP contribution in [0.1, 0.15) is 19.8 Å². The molecule has 84 valence electrons. The Morgan fingerprint density at radius 1 is 1.67 bits per heavy atom. The normalized spacial score (nSPS) is 10.1. The predicted molar refractivity (Wildman–Crippen MR) is 59.8 cm³/mol. The molecule has 0 bridgehead atoms. The number of hydrogen-bond acceptors (Lipinski definition) is 2. The number of rotatable bonds is 4. The van der Waals surface area contributed by atoms with E-state index in [1.807, 2.05) is 0 Å². The first kappa shape index (κ1) is 11.6. The van der Waals surface area contributed by atoms with E-state index in [9.17, 15) is 4.79 Å². The number of hydrogen-bond donors (Lipinski definition) is 1. The fraction of sp³-hybridized carbons (Fsp3) is 0.600. The summed E-state index contributed by atoms with van der Waals surface area (Å²) in [6.07, 6.45) is 3.76. The third-order valence-electron chi connectivity index (χ3n) is 2.25. The number of anilines is 1. The van der Waals surface area contributed by atoms with Gasteiger partial charge in [0.1, 0.15) is 5.82 Å². The van der Waals surface area contributed by atoms with E-state index in [2.05, 4.69) is 17.3 Å². The Hall–Kier alpha value is -1.52. The molecule has 0 aliphatic rings. The molecule has 0 saturated carbocycles. The smallest absolute Gasteiger partial charge is 0.322 e. The van der Waals surface area contributed by atoms with Crippen molar-refractivity contribution in [2.24, 2.45) is 7.05 Å². The zero-order valence-electron chi connectivity index (χ0n) is 9.53. The summed E-state index contributed by atoms with van der Waals surface area (Å²) in [7, 11) is 3.59. The van der Waals surface area contributed by atoms with Crippen LogP contribution < -0.4 is 5.32 Å². The monoisotopic (exact) mass is 210 g/mol. The van der Waals surface area contributed by atoms with Gasteiger partial charge in [-0.2, -0.15) is 5.10 Å². The van der Waals surface area contributed by atoms with Gasteiger partial charge < -0.3 is 4.90 Å². The molecule has 0 fully saturated rings. The molecular weight excluding hydrogens is 192 g/mol. The van der Waals surface area contributed by atoms with E-state index in [1.54, 1.807) is 35.9 Å². The molecule has 5 heteroatoms. The predicted octanol–water partition coefficient (Wildman–Crippen LogP) is 1.68. The molecule has 0 unspecified atom stereocenters. The average Bonchev–Trinajstić information content (AvgIpc) is 2.61. The van der Waals surface area contributed by atoms with Crippen molar-refractivity contribution in [3.63, 3.8) is 0 Å². The fourth-order valence-electron chi connectivity index (χ4n) is 1.20. The lowest BCUT2D eigenvalue weighted by atomic mass is 10.3. The minimum Gasteiger partial charge on any atom is -0.328 e. The number of urea groups is 1. The number of aryl methyl sites for hydroxylation is 1. The van der Waals surface area contributed by atoms with Gasteiger partial charge >= 0.3 is 6.03 Å². The summed E-state index contributed by atoms with van der Waals surface area (Å²) < 4.78 is 1.63. The highest BCUT2D eigenvalue weighted by Crippen LogP contribution is 2.04. The van der Waals surface area contributed by atoms with E-state index >= 15 is 0 Å². The molecule has 0 aliphatic heterocycles. The van der Waals surface area contributed by atoms with Crippen LogP contribution in [0.2, 0.25) is 0 Å². The van der Waals surface area contributed by atoms with Gasteiger partial charge in [-0.3, -0.25) is 10.00 Å². The molecule has 2 amide bonds. The summed E-state index contributed by atoms with van der Waals surface area (Å²) in [5.74, 6) is 0.711. The first-order chi connectivity index (χ1) is 7.15. The Bertz CT molecular complexity index is 321. The maximum absolute atomic E-state index is 11.6. The van der Waals surface area contributed by atoms with Crippen LogP contribution in [0.4, 0.5) is 10.6 Å². The van der Waals surface area contributed by atoms with Gasteiger partial charge in [-0.05, 0) is 6.42 Å². The molecule has 0 radical (unpaired) electrons. The lowest BCUT2D eigenvalue weighted by Crippen LogP contribution is -2.32. The zero-order chi connectivity index (χ0) is 11.3. The second-order valence-electron chi connectivity index (χ2n) is 3.55. The molecule has 0 spiro atoms. The lowest BCUT2D eigenvalue weighted by Gasteiger charge is -2.17. The summed E-state index contributed by atoms with van der Waals surface area (Å²) >= 11 is 0. The van der Waals surface area contributed by atoms with Crippen molar-refractivity contribution in [3.8, 4) is 0 Å². The van der Waals surface area contributed by atoms with E-state index in [0.717, 1.165) is 19.4 Å². The van der Waals surface area contributed by atoms with Gasteiger partial charge in [0.25, 0.3) is 0 Å². The van der Waals surface area contributed by atoms with E-state index < -0.39 is 0 Å². The largest absolute Gasteiger partial charge is 0.328 e. The molecule has 0 saturated heterocycles. The lowest BCUT2D eigenvalue weighted by molar-refractivity contribution is 0.221. The van der Waals surface area contributed by atoms with Gasteiger partial charge in [0.2, 0.25) is 0 Å². The van der Waals surface area contributed by atoms with E-state index in [-0.39, 0.29) is 6.03 Å². The molecule has 1 heterocycles. The molecule has 0 aromatic carbocycles. The van der Waals surface area contributed by atoms with Crippen molar-refractivity contribution >= 4 is 11.8 Å². The minimum absolute atomic E-state index is 0.0907. The maximum atomic E-state index is 11.6. The van der Waals surface area contributed by atoms with E-state index in [0.29, 0.717) is 5.82 Å². The second-order valence-corrected chi connectivity index (χ2v) is 3.55. The number of aromatic nitrogens is 2. The van der Waals surface area contributed by atoms with Crippen molar-refractivity contribution in [1.29, 1.82) is 0 Å². The van der Waals surface area contributed by atoms with Crippen molar-refractivity contribution in [1.82, 2.24) is 14.7 Å². The van der Waals surface area contributed by atoms with Crippen LogP contribution in [0.3, 0.4) is 0 Å². The minimum atomic E-state index is -0.0907. The third kappa shape index (κ3) is 3.27. The van der Waals surface area contributed by atoms with Crippen LogP contribution in [-0.2, 0) is 7.05 Å².